The van der Waals surface area contributed by atoms with Crippen LogP contribution in [0.25, 0.3) is 0 Å². The molecular weight excluding hydrogens is 370 g/mol. The lowest BCUT2D eigenvalue weighted by Gasteiger charge is -2.19. The summed E-state index contributed by atoms with van der Waals surface area (Å²) in [5.41, 5.74) is 1.43. The largest absolute Gasteiger partial charge is 0.352 e. The van der Waals surface area contributed by atoms with Crippen molar-refractivity contribution in [1.82, 2.24) is 25.1 Å². The number of benzene rings is 1. The van der Waals surface area contributed by atoms with Crippen LogP contribution < -0.4 is 10.6 Å². The van der Waals surface area contributed by atoms with Gasteiger partial charge in [0.1, 0.15) is 5.54 Å². The molecule has 2 heterocycles. The van der Waals surface area contributed by atoms with Crippen molar-refractivity contribution < 1.29 is 14.4 Å². The van der Waals surface area contributed by atoms with E-state index in [0.717, 1.165) is 30.5 Å². The summed E-state index contributed by atoms with van der Waals surface area (Å²) in [7, 11) is 0. The van der Waals surface area contributed by atoms with Crippen molar-refractivity contribution in [3.63, 3.8) is 0 Å². The van der Waals surface area contributed by atoms with Crippen LogP contribution in [0.4, 0.5) is 4.79 Å². The third-order valence-corrected chi connectivity index (χ3v) is 5.70. The Balaban J connectivity index is 1.23. The van der Waals surface area contributed by atoms with Crippen molar-refractivity contribution in [2.75, 3.05) is 6.54 Å². The van der Waals surface area contributed by atoms with E-state index >= 15 is 0 Å². The van der Waals surface area contributed by atoms with Gasteiger partial charge in [-0.1, -0.05) is 37.1 Å². The van der Waals surface area contributed by atoms with Crippen LogP contribution in [0.3, 0.4) is 0 Å². The van der Waals surface area contributed by atoms with Crippen LogP contribution >= 0.6 is 0 Å². The fourth-order valence-corrected chi connectivity index (χ4v) is 4.05. The molecule has 4 rings (SSSR count). The number of aromatic nitrogens is 2. The lowest BCUT2D eigenvalue weighted by molar-refractivity contribution is -0.131. The van der Waals surface area contributed by atoms with Crippen LogP contribution in [0.1, 0.15) is 43.2 Å². The van der Waals surface area contributed by atoms with Crippen molar-refractivity contribution in [2.45, 2.75) is 50.7 Å². The van der Waals surface area contributed by atoms with Crippen LogP contribution in [0.15, 0.2) is 43.0 Å². The number of nitrogens with one attached hydrogen (secondary N) is 2. The molecule has 2 aliphatic rings. The molecule has 1 aliphatic carbocycles. The van der Waals surface area contributed by atoms with Gasteiger partial charge in [0.05, 0.1) is 6.33 Å². The molecule has 1 saturated heterocycles. The first kappa shape index (κ1) is 19.2. The standard InChI is InChI=1S/C21H25N5O3/c27-18(7-11-26-19(28)21(24-20(26)29)8-1-2-9-21)23-13-16-3-5-17(6-4-16)14-25-12-10-22-15-25/h3-6,10,12,15H,1-2,7-9,11,13-14H2,(H,23,27)(H,24,29). The highest BCUT2D eigenvalue weighted by Crippen LogP contribution is 2.34. The molecule has 0 bridgehead atoms. The average molecular weight is 395 g/mol. The average Bonchev–Trinajstić information content (AvgIpc) is 3.44. The summed E-state index contributed by atoms with van der Waals surface area (Å²) in [6, 6.07) is 7.63. The summed E-state index contributed by atoms with van der Waals surface area (Å²) >= 11 is 0. The Kier molecular flexibility index (Phi) is 5.33. The molecule has 2 N–H and O–H groups in total. The molecule has 1 aromatic heterocycles. The summed E-state index contributed by atoms with van der Waals surface area (Å²) in [5.74, 6) is -0.359. The SMILES string of the molecule is O=C(CCN1C(=O)NC2(CCCC2)C1=O)NCc1ccc(Cn2ccnc2)cc1. The van der Waals surface area contributed by atoms with Crippen molar-refractivity contribution in [3.8, 4) is 0 Å². The number of amides is 4. The normalized spacial score (nSPS) is 17.7. The zero-order chi connectivity index (χ0) is 20.3. The lowest BCUT2D eigenvalue weighted by atomic mass is 9.98. The maximum atomic E-state index is 12.6. The minimum atomic E-state index is -0.716. The van der Waals surface area contributed by atoms with Crippen LogP contribution in [0, 0.1) is 0 Å². The van der Waals surface area contributed by atoms with Crippen LogP contribution in [-0.4, -0.2) is 44.4 Å². The predicted molar refractivity (Wildman–Crippen MR) is 106 cm³/mol. The second-order valence-corrected chi connectivity index (χ2v) is 7.75. The summed E-state index contributed by atoms with van der Waals surface area (Å²) in [6.45, 7) is 1.27. The summed E-state index contributed by atoms with van der Waals surface area (Å²) < 4.78 is 1.99. The monoisotopic (exact) mass is 395 g/mol. The van der Waals surface area contributed by atoms with Gasteiger partial charge >= 0.3 is 6.03 Å². The van der Waals surface area contributed by atoms with E-state index in [9.17, 15) is 14.4 Å². The summed E-state index contributed by atoms with van der Waals surface area (Å²) in [4.78, 5) is 42.1. The molecule has 8 nitrogen and oxygen atoms in total. The van der Waals surface area contributed by atoms with Gasteiger partial charge in [-0.3, -0.25) is 14.5 Å². The van der Waals surface area contributed by atoms with Gasteiger partial charge in [0.2, 0.25) is 5.91 Å². The number of carbonyl (C=O) groups excluding carboxylic acids is 3. The van der Waals surface area contributed by atoms with Gasteiger partial charge in [0, 0.05) is 38.4 Å². The number of carbonyl (C=O) groups is 3. The van der Waals surface area contributed by atoms with Crippen molar-refractivity contribution in [3.05, 3.63) is 54.1 Å². The number of imidazole rings is 1. The molecule has 2 fully saturated rings. The van der Waals surface area contributed by atoms with E-state index in [2.05, 4.69) is 15.6 Å². The molecule has 0 radical (unpaired) electrons. The first-order chi connectivity index (χ1) is 14.1. The van der Waals surface area contributed by atoms with Crippen LogP contribution in [-0.2, 0) is 22.7 Å². The Morgan fingerprint density at radius 1 is 1.14 bits per heavy atom. The van der Waals surface area contributed by atoms with Crippen molar-refractivity contribution in [1.29, 1.82) is 0 Å². The van der Waals surface area contributed by atoms with E-state index in [1.807, 2.05) is 35.0 Å². The van der Waals surface area contributed by atoms with E-state index in [1.165, 1.54) is 4.90 Å². The number of urea groups is 1. The van der Waals surface area contributed by atoms with Crippen molar-refractivity contribution in [2.24, 2.45) is 0 Å². The lowest BCUT2D eigenvalue weighted by Crippen LogP contribution is -2.44. The first-order valence-corrected chi connectivity index (χ1v) is 10.0. The highest BCUT2D eigenvalue weighted by atomic mass is 16.2. The Hall–Kier alpha value is -3.16. The third kappa shape index (κ3) is 4.16. The highest BCUT2D eigenvalue weighted by molar-refractivity contribution is 6.07. The molecule has 2 aromatic rings. The minimum absolute atomic E-state index is 0.105. The van der Waals surface area contributed by atoms with E-state index in [0.29, 0.717) is 19.4 Å². The zero-order valence-electron chi connectivity index (χ0n) is 16.3. The first-order valence-electron chi connectivity index (χ1n) is 10.0. The van der Waals surface area contributed by atoms with Crippen LogP contribution in [0.5, 0.6) is 0 Å². The van der Waals surface area contributed by atoms with Gasteiger partial charge in [-0.15, -0.1) is 0 Å². The van der Waals surface area contributed by atoms with Gasteiger partial charge < -0.3 is 15.2 Å². The molecule has 1 spiro atoms. The Labute approximate surface area is 169 Å². The molecule has 152 valence electrons. The van der Waals surface area contributed by atoms with E-state index < -0.39 is 5.54 Å². The molecule has 1 aromatic carbocycles. The molecule has 29 heavy (non-hydrogen) atoms. The van der Waals surface area contributed by atoms with E-state index in [4.69, 9.17) is 0 Å². The van der Waals surface area contributed by atoms with Crippen LogP contribution in [0.2, 0.25) is 0 Å². The molecule has 4 amide bonds. The molecular formula is C21H25N5O3. The number of hydrogen-bond acceptors (Lipinski definition) is 4. The Morgan fingerprint density at radius 2 is 1.86 bits per heavy atom. The molecule has 0 unspecified atom stereocenters. The molecule has 8 heteroatoms. The maximum Gasteiger partial charge on any atom is 0.325 e. The topological polar surface area (TPSA) is 96.3 Å². The molecule has 0 atom stereocenters. The fourth-order valence-electron chi connectivity index (χ4n) is 4.05. The van der Waals surface area contributed by atoms with Gasteiger partial charge in [-0.05, 0) is 24.0 Å². The second kappa shape index (κ2) is 8.06. The quantitative estimate of drug-likeness (QED) is 0.699. The molecule has 1 aliphatic heterocycles. The number of hydrogen-bond donors (Lipinski definition) is 2. The third-order valence-electron chi connectivity index (χ3n) is 5.70. The fraction of sp³-hybridized carbons (Fsp3) is 0.429. The number of imide groups is 1. The van der Waals surface area contributed by atoms with Gasteiger partial charge in [-0.2, -0.15) is 0 Å². The van der Waals surface area contributed by atoms with E-state index in [-0.39, 0.29) is 30.8 Å². The second-order valence-electron chi connectivity index (χ2n) is 7.75. The highest BCUT2D eigenvalue weighted by Gasteiger charge is 2.52. The Bertz CT molecular complexity index is 886. The van der Waals surface area contributed by atoms with Gasteiger partial charge in [-0.25, -0.2) is 9.78 Å². The van der Waals surface area contributed by atoms with Crippen molar-refractivity contribution >= 4 is 17.8 Å². The summed E-state index contributed by atoms with van der Waals surface area (Å²) in [5, 5.41) is 5.69. The van der Waals surface area contributed by atoms with E-state index in [1.54, 1.807) is 12.5 Å². The predicted octanol–water partition coefficient (Wildman–Crippen LogP) is 1.80. The smallest absolute Gasteiger partial charge is 0.325 e. The Morgan fingerprint density at radius 3 is 2.55 bits per heavy atom. The number of rotatable bonds is 7. The van der Waals surface area contributed by atoms with Gasteiger partial charge in [0.25, 0.3) is 5.91 Å². The minimum Gasteiger partial charge on any atom is -0.352 e. The zero-order valence-corrected chi connectivity index (χ0v) is 16.3. The number of nitrogens with zero attached hydrogens (tertiary/aromatic N) is 3. The maximum absolute atomic E-state index is 12.6. The molecule has 1 saturated carbocycles. The summed E-state index contributed by atoms with van der Waals surface area (Å²) in [6.07, 6.45) is 8.81. The van der Waals surface area contributed by atoms with Gasteiger partial charge in [0.15, 0.2) is 0 Å².